The van der Waals surface area contributed by atoms with Gasteiger partial charge in [0.15, 0.2) is 5.69 Å². The summed E-state index contributed by atoms with van der Waals surface area (Å²) in [7, 11) is 1.50. The number of nitrogens with zero attached hydrogens (tertiary/aromatic N) is 2. The van der Waals surface area contributed by atoms with Crippen LogP contribution in [0, 0.1) is 0 Å². The van der Waals surface area contributed by atoms with Gasteiger partial charge in [0, 0.05) is 25.0 Å². The highest BCUT2D eigenvalue weighted by Gasteiger charge is 2.25. The van der Waals surface area contributed by atoms with Gasteiger partial charge in [0.2, 0.25) is 0 Å². The summed E-state index contributed by atoms with van der Waals surface area (Å²) in [5.41, 5.74) is 7.19. The zero-order valence-corrected chi connectivity index (χ0v) is 18.9. The number of aromatic amines is 1. The minimum atomic E-state index is -0.722. The molecule has 168 valence electrons. The molecule has 8 nitrogen and oxygen atoms in total. The topological polar surface area (TPSA) is 110 Å². The second-order valence-electron chi connectivity index (χ2n) is 7.14. The smallest absolute Gasteiger partial charge is 0.330 e. The monoisotopic (exact) mass is 454 g/mol. The van der Waals surface area contributed by atoms with Crippen LogP contribution >= 0.6 is 11.8 Å². The Morgan fingerprint density at radius 1 is 1.09 bits per heavy atom. The number of hydrogen-bond acceptors (Lipinski definition) is 6. The quantitative estimate of drug-likeness (QED) is 0.513. The number of aromatic nitrogens is 2. The van der Waals surface area contributed by atoms with E-state index in [-0.39, 0.29) is 31.2 Å². The van der Waals surface area contributed by atoms with Crippen molar-refractivity contribution >= 4 is 29.2 Å². The summed E-state index contributed by atoms with van der Waals surface area (Å²) in [6.07, 6.45) is 2.00. The van der Waals surface area contributed by atoms with Crippen molar-refractivity contribution < 1.29 is 9.53 Å². The Morgan fingerprint density at radius 3 is 2.41 bits per heavy atom. The Kier molecular flexibility index (Phi) is 7.91. The highest BCUT2D eigenvalue weighted by Crippen LogP contribution is 2.21. The first kappa shape index (κ1) is 23.4. The third-order valence-corrected chi connectivity index (χ3v) is 5.57. The van der Waals surface area contributed by atoms with Gasteiger partial charge in [0.1, 0.15) is 5.82 Å². The van der Waals surface area contributed by atoms with E-state index in [0.29, 0.717) is 5.56 Å². The van der Waals surface area contributed by atoms with Gasteiger partial charge >= 0.3 is 5.69 Å². The summed E-state index contributed by atoms with van der Waals surface area (Å²) in [5, 5.41) is 0. The fraction of sp³-hybridized carbons (Fsp3) is 0.261. The predicted octanol–water partition coefficient (Wildman–Crippen LogP) is 2.32. The number of H-pyrrole nitrogens is 1. The van der Waals surface area contributed by atoms with E-state index in [9.17, 15) is 14.4 Å². The second kappa shape index (κ2) is 10.8. The van der Waals surface area contributed by atoms with Crippen molar-refractivity contribution in [2.75, 3.05) is 37.2 Å². The molecular formula is C23H26N4O4S. The van der Waals surface area contributed by atoms with Gasteiger partial charge in [-0.3, -0.25) is 24.0 Å². The summed E-state index contributed by atoms with van der Waals surface area (Å²) in [4.78, 5) is 42.2. The summed E-state index contributed by atoms with van der Waals surface area (Å²) in [6.45, 7) is 0.441. The molecule has 3 rings (SSSR count). The van der Waals surface area contributed by atoms with Gasteiger partial charge < -0.3 is 10.5 Å². The van der Waals surface area contributed by atoms with Crippen molar-refractivity contribution in [1.29, 1.82) is 0 Å². The molecule has 32 heavy (non-hydrogen) atoms. The number of hydrogen-bond donors (Lipinski definition) is 2. The number of carbonyl (C=O) groups excluding carboxylic acids is 1. The number of amides is 1. The summed E-state index contributed by atoms with van der Waals surface area (Å²) in [5.74, 6) is 0.352. The van der Waals surface area contributed by atoms with E-state index in [1.807, 2.05) is 48.7 Å². The molecule has 3 N–H and O–H groups in total. The lowest BCUT2D eigenvalue weighted by Gasteiger charge is -2.24. The van der Waals surface area contributed by atoms with E-state index >= 15 is 0 Å². The highest BCUT2D eigenvalue weighted by molar-refractivity contribution is 7.97. The van der Waals surface area contributed by atoms with Crippen molar-refractivity contribution in [3.8, 4) is 0 Å². The Bertz CT molecular complexity index is 1170. The molecule has 1 amide bonds. The third kappa shape index (κ3) is 5.30. The molecule has 0 radical (unpaired) electrons. The first-order chi connectivity index (χ1) is 15.5. The molecule has 0 aliphatic heterocycles. The van der Waals surface area contributed by atoms with Crippen LogP contribution in [0.15, 0.2) is 64.2 Å². The Balaban J connectivity index is 2.04. The SMILES string of the molecule is COCCN(C(=O)c1ccc(CSC)cc1)c1c(N)n(Cc2ccccc2)c(=O)[nH]c1=O. The molecule has 0 aliphatic carbocycles. The molecule has 0 spiro atoms. The zero-order valence-electron chi connectivity index (χ0n) is 18.0. The van der Waals surface area contributed by atoms with Crippen LogP contribution in [0.3, 0.4) is 0 Å². The van der Waals surface area contributed by atoms with Crippen molar-refractivity contribution in [3.63, 3.8) is 0 Å². The van der Waals surface area contributed by atoms with Gasteiger partial charge in [0.05, 0.1) is 13.2 Å². The molecule has 2 aromatic carbocycles. The average molecular weight is 455 g/mol. The Hall–Kier alpha value is -3.30. The molecule has 1 heterocycles. The predicted molar refractivity (Wildman–Crippen MR) is 128 cm³/mol. The normalized spacial score (nSPS) is 10.8. The highest BCUT2D eigenvalue weighted by atomic mass is 32.2. The van der Waals surface area contributed by atoms with E-state index in [0.717, 1.165) is 16.9 Å². The largest absolute Gasteiger partial charge is 0.383 e. The van der Waals surface area contributed by atoms with E-state index < -0.39 is 17.2 Å². The Morgan fingerprint density at radius 2 is 1.78 bits per heavy atom. The number of benzene rings is 2. The number of nitrogens with two attached hydrogens (primary N) is 1. The van der Waals surface area contributed by atoms with Gasteiger partial charge in [0.25, 0.3) is 11.5 Å². The van der Waals surface area contributed by atoms with Crippen LogP contribution in [0.4, 0.5) is 11.5 Å². The van der Waals surface area contributed by atoms with Gasteiger partial charge in [-0.15, -0.1) is 0 Å². The number of nitrogen functional groups attached to an aromatic ring is 1. The zero-order chi connectivity index (χ0) is 23.1. The number of anilines is 2. The summed E-state index contributed by atoms with van der Waals surface area (Å²) >= 11 is 1.68. The lowest BCUT2D eigenvalue weighted by atomic mass is 10.1. The molecule has 0 unspecified atom stereocenters. The fourth-order valence-corrected chi connectivity index (χ4v) is 3.85. The molecule has 0 bridgehead atoms. The number of ether oxygens (including phenoxy) is 1. The van der Waals surface area contributed by atoms with Gasteiger partial charge in [-0.05, 0) is 29.5 Å². The lowest BCUT2D eigenvalue weighted by molar-refractivity contribution is 0.0975. The van der Waals surface area contributed by atoms with Gasteiger partial charge in [-0.25, -0.2) is 4.79 Å². The van der Waals surface area contributed by atoms with Crippen molar-refractivity contribution in [1.82, 2.24) is 9.55 Å². The van der Waals surface area contributed by atoms with E-state index in [1.54, 1.807) is 23.9 Å². The number of thioether (sulfide) groups is 1. The van der Waals surface area contributed by atoms with Gasteiger partial charge in [-0.1, -0.05) is 42.5 Å². The maximum Gasteiger partial charge on any atom is 0.330 e. The van der Waals surface area contributed by atoms with Crippen LogP contribution in [0.25, 0.3) is 0 Å². The van der Waals surface area contributed by atoms with E-state index in [2.05, 4.69) is 4.98 Å². The molecule has 9 heteroatoms. The first-order valence-electron chi connectivity index (χ1n) is 10.0. The van der Waals surface area contributed by atoms with Crippen LogP contribution in [0.2, 0.25) is 0 Å². The summed E-state index contributed by atoms with van der Waals surface area (Å²) in [6, 6.07) is 16.4. The van der Waals surface area contributed by atoms with Crippen LogP contribution in [-0.4, -0.2) is 42.0 Å². The third-order valence-electron chi connectivity index (χ3n) is 4.94. The molecule has 3 aromatic rings. The van der Waals surface area contributed by atoms with Crippen molar-refractivity contribution in [3.05, 3.63) is 92.1 Å². The maximum absolute atomic E-state index is 13.3. The Labute approximate surface area is 190 Å². The fourth-order valence-electron chi connectivity index (χ4n) is 3.32. The van der Waals surface area contributed by atoms with Gasteiger partial charge in [-0.2, -0.15) is 11.8 Å². The molecule has 0 aliphatic rings. The second-order valence-corrected chi connectivity index (χ2v) is 8.01. The lowest BCUT2D eigenvalue weighted by Crippen LogP contribution is -2.42. The van der Waals surface area contributed by atoms with E-state index in [1.165, 1.54) is 16.6 Å². The van der Waals surface area contributed by atoms with Crippen molar-refractivity contribution in [2.24, 2.45) is 0 Å². The molecular weight excluding hydrogens is 428 g/mol. The van der Waals surface area contributed by atoms with Crippen LogP contribution in [0.5, 0.6) is 0 Å². The molecule has 0 saturated carbocycles. The molecule has 0 fully saturated rings. The minimum Gasteiger partial charge on any atom is -0.383 e. The van der Waals surface area contributed by atoms with Crippen LogP contribution in [0.1, 0.15) is 21.5 Å². The molecule has 0 atom stereocenters. The standard InChI is InChI=1S/C23H26N4O4S/c1-31-13-12-26(22(29)18-10-8-17(9-11-18)15-32-2)19-20(24)27(23(30)25-21(19)28)14-16-6-4-3-5-7-16/h3-11H,12-15,24H2,1-2H3,(H,25,28,30). The van der Waals surface area contributed by atoms with Crippen LogP contribution < -0.4 is 21.9 Å². The number of nitrogens with one attached hydrogen (secondary N) is 1. The first-order valence-corrected chi connectivity index (χ1v) is 11.4. The molecule has 0 saturated heterocycles. The summed E-state index contributed by atoms with van der Waals surface area (Å²) < 4.78 is 6.39. The number of methoxy groups -OCH3 is 1. The minimum absolute atomic E-state index is 0.0734. The number of carbonyl (C=O) groups is 1. The van der Waals surface area contributed by atoms with Crippen molar-refractivity contribution in [2.45, 2.75) is 12.3 Å². The maximum atomic E-state index is 13.3. The van der Waals surface area contributed by atoms with Crippen LogP contribution in [-0.2, 0) is 17.0 Å². The van der Waals surface area contributed by atoms with E-state index in [4.69, 9.17) is 10.5 Å². The average Bonchev–Trinajstić information content (AvgIpc) is 2.79. The molecule has 1 aromatic heterocycles. The number of rotatable bonds is 9.